The van der Waals surface area contributed by atoms with Crippen molar-refractivity contribution in [3.05, 3.63) is 35.6 Å². The van der Waals surface area contributed by atoms with Gasteiger partial charge in [-0.25, -0.2) is 4.39 Å². The summed E-state index contributed by atoms with van der Waals surface area (Å²) in [7, 11) is 1.87. The molecule has 1 N–H and O–H groups in total. The molecule has 1 fully saturated rings. The zero-order valence-electron chi connectivity index (χ0n) is 9.28. The highest BCUT2D eigenvalue weighted by Gasteiger charge is 2.24. The van der Waals surface area contributed by atoms with Gasteiger partial charge in [0.15, 0.2) is 0 Å². The molecule has 0 aromatic heterocycles. The van der Waals surface area contributed by atoms with E-state index in [9.17, 15) is 4.39 Å². The van der Waals surface area contributed by atoms with Gasteiger partial charge in [-0.2, -0.15) is 0 Å². The maximum absolute atomic E-state index is 12.8. The van der Waals surface area contributed by atoms with Crippen LogP contribution in [0.15, 0.2) is 24.3 Å². The maximum atomic E-state index is 12.8. The summed E-state index contributed by atoms with van der Waals surface area (Å²) in [5, 5.41) is 3.07. The lowest BCUT2D eigenvalue weighted by Crippen LogP contribution is -2.38. The fourth-order valence-corrected chi connectivity index (χ4v) is 1.63. The van der Waals surface area contributed by atoms with Gasteiger partial charge in [0.2, 0.25) is 0 Å². The second kappa shape index (κ2) is 5.39. The van der Waals surface area contributed by atoms with Crippen LogP contribution in [0.1, 0.15) is 11.7 Å². The van der Waals surface area contributed by atoms with Crippen molar-refractivity contribution in [2.24, 2.45) is 0 Å². The van der Waals surface area contributed by atoms with Crippen molar-refractivity contribution < 1.29 is 13.9 Å². The van der Waals surface area contributed by atoms with Gasteiger partial charge in [-0.05, 0) is 24.7 Å². The second-order valence-corrected chi connectivity index (χ2v) is 3.89. The van der Waals surface area contributed by atoms with Crippen molar-refractivity contribution in [2.75, 3.05) is 26.8 Å². The first-order valence-electron chi connectivity index (χ1n) is 5.43. The topological polar surface area (TPSA) is 30.5 Å². The van der Waals surface area contributed by atoms with Gasteiger partial charge < -0.3 is 14.8 Å². The summed E-state index contributed by atoms with van der Waals surface area (Å²) >= 11 is 0. The zero-order chi connectivity index (χ0) is 11.4. The summed E-state index contributed by atoms with van der Waals surface area (Å²) in [6, 6.07) is 6.44. The van der Waals surface area contributed by atoms with Crippen molar-refractivity contribution in [3.8, 4) is 0 Å². The third-order valence-corrected chi connectivity index (χ3v) is 2.60. The first-order valence-corrected chi connectivity index (χ1v) is 5.43. The third-order valence-electron chi connectivity index (χ3n) is 2.60. The second-order valence-electron chi connectivity index (χ2n) is 3.89. The molecule has 1 aromatic carbocycles. The number of ether oxygens (including phenoxy) is 2. The van der Waals surface area contributed by atoms with E-state index in [-0.39, 0.29) is 18.0 Å². The number of halogens is 1. The highest BCUT2D eigenvalue weighted by Crippen LogP contribution is 2.21. The van der Waals surface area contributed by atoms with Crippen LogP contribution in [-0.2, 0) is 9.47 Å². The molecule has 1 heterocycles. The molecule has 0 spiro atoms. The van der Waals surface area contributed by atoms with Gasteiger partial charge >= 0.3 is 0 Å². The summed E-state index contributed by atoms with van der Waals surface area (Å²) in [5.41, 5.74) is 0.989. The van der Waals surface area contributed by atoms with E-state index in [0.29, 0.717) is 19.8 Å². The van der Waals surface area contributed by atoms with Crippen molar-refractivity contribution in [3.63, 3.8) is 0 Å². The number of hydrogen-bond donors (Lipinski definition) is 1. The number of nitrogens with one attached hydrogen (secondary N) is 1. The van der Waals surface area contributed by atoms with Gasteiger partial charge in [-0.15, -0.1) is 0 Å². The zero-order valence-corrected chi connectivity index (χ0v) is 9.28. The molecule has 2 rings (SSSR count). The molecule has 0 radical (unpaired) electrons. The van der Waals surface area contributed by atoms with E-state index in [2.05, 4.69) is 5.32 Å². The molecule has 3 nitrogen and oxygen atoms in total. The molecular weight excluding hydrogens is 209 g/mol. The molecule has 0 aliphatic carbocycles. The minimum atomic E-state index is -0.223. The summed E-state index contributed by atoms with van der Waals surface area (Å²) in [6.07, 6.45) is 0.128. The molecule has 88 valence electrons. The van der Waals surface area contributed by atoms with Crippen LogP contribution in [0.3, 0.4) is 0 Å². The fourth-order valence-electron chi connectivity index (χ4n) is 1.63. The lowest BCUT2D eigenvalue weighted by Gasteiger charge is -2.30. The number of likely N-dealkylation sites (N-methyl/N-ethyl adjacent to an activating group) is 1. The first-order chi connectivity index (χ1) is 7.79. The molecule has 1 aliphatic heterocycles. The Kier molecular flexibility index (Phi) is 3.88. The van der Waals surface area contributed by atoms with Crippen LogP contribution in [0.2, 0.25) is 0 Å². The fraction of sp³-hybridized carbons (Fsp3) is 0.500. The number of hydrogen-bond acceptors (Lipinski definition) is 3. The summed E-state index contributed by atoms with van der Waals surface area (Å²) in [4.78, 5) is 0. The lowest BCUT2D eigenvalue weighted by molar-refractivity contribution is -0.155. The monoisotopic (exact) mass is 225 g/mol. The van der Waals surface area contributed by atoms with E-state index in [1.165, 1.54) is 12.1 Å². The Morgan fingerprint density at radius 2 is 2.12 bits per heavy atom. The molecule has 1 unspecified atom stereocenters. The van der Waals surface area contributed by atoms with Gasteiger partial charge in [0, 0.05) is 6.54 Å². The predicted molar refractivity (Wildman–Crippen MR) is 58.8 cm³/mol. The summed E-state index contributed by atoms with van der Waals surface area (Å²) < 4.78 is 23.7. The largest absolute Gasteiger partial charge is 0.376 e. The minimum absolute atomic E-state index is 0.0421. The summed E-state index contributed by atoms with van der Waals surface area (Å²) in [5.74, 6) is -0.223. The Labute approximate surface area is 94.6 Å². The summed E-state index contributed by atoms with van der Waals surface area (Å²) in [6.45, 7) is 2.02. The standard InChI is InChI=1S/C12H16FNO2/c1-14-6-12(16-11-7-15-8-11)9-2-4-10(13)5-3-9/h2-5,11-12,14H,6-8H2,1H3. The number of benzene rings is 1. The normalized spacial score (nSPS) is 18.1. The average Bonchev–Trinajstić information content (AvgIpc) is 2.23. The van der Waals surface area contributed by atoms with Crippen LogP contribution < -0.4 is 5.32 Å². The Bertz CT molecular complexity index is 324. The lowest BCUT2D eigenvalue weighted by atomic mass is 10.1. The molecule has 1 atom stereocenters. The highest BCUT2D eigenvalue weighted by atomic mass is 19.1. The highest BCUT2D eigenvalue weighted by molar-refractivity contribution is 5.19. The van der Waals surface area contributed by atoms with Crippen LogP contribution in [-0.4, -0.2) is 32.9 Å². The Morgan fingerprint density at radius 3 is 2.62 bits per heavy atom. The van der Waals surface area contributed by atoms with Gasteiger partial charge in [0.1, 0.15) is 11.9 Å². The van der Waals surface area contributed by atoms with E-state index >= 15 is 0 Å². The number of rotatable bonds is 5. The average molecular weight is 225 g/mol. The molecule has 4 heteroatoms. The first kappa shape index (κ1) is 11.5. The van der Waals surface area contributed by atoms with Crippen LogP contribution in [0.4, 0.5) is 4.39 Å². The van der Waals surface area contributed by atoms with Gasteiger partial charge in [0.25, 0.3) is 0 Å². The molecule has 1 aliphatic rings. The van der Waals surface area contributed by atoms with E-state index in [4.69, 9.17) is 9.47 Å². The molecule has 0 bridgehead atoms. The predicted octanol–water partition coefficient (Wildman–Crippen LogP) is 1.50. The molecular formula is C12H16FNO2. The molecule has 0 amide bonds. The van der Waals surface area contributed by atoms with E-state index in [0.717, 1.165) is 5.56 Å². The molecule has 16 heavy (non-hydrogen) atoms. The smallest absolute Gasteiger partial charge is 0.123 e. The quantitative estimate of drug-likeness (QED) is 0.823. The van der Waals surface area contributed by atoms with E-state index < -0.39 is 0 Å². The molecule has 1 saturated heterocycles. The maximum Gasteiger partial charge on any atom is 0.123 e. The van der Waals surface area contributed by atoms with Crippen LogP contribution in [0.25, 0.3) is 0 Å². The Balaban J connectivity index is 2.01. The van der Waals surface area contributed by atoms with Gasteiger partial charge in [0.05, 0.1) is 19.3 Å². The van der Waals surface area contributed by atoms with E-state index in [1.54, 1.807) is 12.1 Å². The molecule has 0 saturated carbocycles. The van der Waals surface area contributed by atoms with Crippen LogP contribution in [0, 0.1) is 5.82 Å². The minimum Gasteiger partial charge on any atom is -0.376 e. The molecule has 1 aromatic rings. The van der Waals surface area contributed by atoms with Crippen molar-refractivity contribution in [1.82, 2.24) is 5.32 Å². The van der Waals surface area contributed by atoms with Crippen molar-refractivity contribution >= 4 is 0 Å². The van der Waals surface area contributed by atoms with Crippen LogP contribution in [0.5, 0.6) is 0 Å². The van der Waals surface area contributed by atoms with Crippen LogP contribution >= 0.6 is 0 Å². The SMILES string of the molecule is CNCC(OC1COC1)c1ccc(F)cc1. The Morgan fingerprint density at radius 1 is 1.44 bits per heavy atom. The Hall–Kier alpha value is -0.970. The van der Waals surface area contributed by atoms with Crippen molar-refractivity contribution in [2.45, 2.75) is 12.2 Å². The van der Waals surface area contributed by atoms with Gasteiger partial charge in [-0.1, -0.05) is 12.1 Å². The van der Waals surface area contributed by atoms with Crippen molar-refractivity contribution in [1.29, 1.82) is 0 Å². The van der Waals surface area contributed by atoms with Gasteiger partial charge in [-0.3, -0.25) is 0 Å². The third kappa shape index (κ3) is 2.78. The van der Waals surface area contributed by atoms with E-state index in [1.807, 2.05) is 7.05 Å².